The van der Waals surface area contributed by atoms with E-state index in [0.717, 1.165) is 0 Å². The molecule has 0 radical (unpaired) electrons. The zero-order chi connectivity index (χ0) is 15.9. The number of halogens is 11. The molecule has 0 aliphatic carbocycles. The van der Waals surface area contributed by atoms with Crippen molar-refractivity contribution in [1.29, 1.82) is 0 Å². The maximum absolute atomic E-state index is 12.7. The monoisotopic (exact) mass is 316 g/mol. The van der Waals surface area contributed by atoms with Crippen molar-refractivity contribution in [3.63, 3.8) is 0 Å². The lowest BCUT2D eigenvalue weighted by Crippen LogP contribution is -2.60. The lowest BCUT2D eigenvalue weighted by atomic mass is 10.2. The van der Waals surface area contributed by atoms with Gasteiger partial charge in [-0.25, -0.2) is 0 Å². The smallest absolute Gasteiger partial charge is 0.331 e. The normalized spacial score (nSPS) is 18.3. The summed E-state index contributed by atoms with van der Waals surface area (Å²) in [6.45, 7) is 0. The molecule has 0 heterocycles. The van der Waals surface area contributed by atoms with E-state index >= 15 is 0 Å². The molecule has 0 saturated heterocycles. The molecule has 1 unspecified atom stereocenters. The molecule has 0 aliphatic rings. The summed E-state index contributed by atoms with van der Waals surface area (Å²) in [5.74, 6) is -6.70. The topological polar surface area (TPSA) is 29.5 Å². The third kappa shape index (κ3) is 4.63. The Morgan fingerprint density at radius 2 is 1.11 bits per heavy atom. The highest BCUT2D eigenvalue weighted by Crippen LogP contribution is 2.49. The van der Waals surface area contributed by atoms with Crippen LogP contribution < -0.4 is 0 Å². The summed E-state index contributed by atoms with van der Waals surface area (Å²) >= 11 is 0. The van der Waals surface area contributed by atoms with E-state index in [1.807, 2.05) is 4.74 Å². The van der Waals surface area contributed by atoms with Crippen LogP contribution in [0.25, 0.3) is 0 Å². The molecule has 13 heteroatoms. The second-order valence-electron chi connectivity index (χ2n) is 3.17. The van der Waals surface area contributed by atoms with Crippen LogP contribution in [0.3, 0.4) is 0 Å². The number of rotatable bonds is 4. The Labute approximate surface area is 96.3 Å². The molecule has 0 amide bonds. The van der Waals surface area contributed by atoms with Crippen molar-refractivity contribution < 1.29 is 58.1 Å². The average Bonchev–Trinajstić information content (AvgIpc) is 1.92. The molecule has 0 saturated carbocycles. The fraction of sp³-hybridized carbons (Fsp3) is 1.00. The van der Waals surface area contributed by atoms with E-state index in [2.05, 4.69) is 0 Å². The molecule has 0 aliphatic heterocycles. The summed E-state index contributed by atoms with van der Waals surface area (Å²) in [4.78, 5) is 0. The lowest BCUT2D eigenvalue weighted by molar-refractivity contribution is -0.499. The van der Waals surface area contributed by atoms with Gasteiger partial charge in [-0.1, -0.05) is 0 Å². The van der Waals surface area contributed by atoms with E-state index in [1.54, 1.807) is 0 Å². The predicted molar refractivity (Wildman–Crippen MR) is 33.8 cm³/mol. The van der Waals surface area contributed by atoms with Crippen LogP contribution in [0.5, 0.6) is 0 Å². The van der Waals surface area contributed by atoms with Crippen molar-refractivity contribution in [1.82, 2.24) is 0 Å². The Morgan fingerprint density at radius 3 is 1.32 bits per heavy atom. The molecule has 0 spiro atoms. The maximum atomic E-state index is 12.7. The van der Waals surface area contributed by atoms with Gasteiger partial charge in [-0.2, -0.15) is 48.3 Å². The summed E-state index contributed by atoms with van der Waals surface area (Å²) in [7, 11) is 0. The fourth-order valence-corrected chi connectivity index (χ4v) is 0.765. The van der Waals surface area contributed by atoms with Crippen LogP contribution in [0.4, 0.5) is 48.3 Å². The highest BCUT2D eigenvalue weighted by Gasteiger charge is 2.76. The molecule has 1 N–H and O–H groups in total. The highest BCUT2D eigenvalue weighted by molar-refractivity contribution is 4.87. The minimum atomic E-state index is -6.92. The van der Waals surface area contributed by atoms with Gasteiger partial charge in [0, 0.05) is 0 Å². The molecular weight excluding hydrogens is 313 g/mol. The molecule has 19 heavy (non-hydrogen) atoms. The first kappa shape index (κ1) is 18.1. The van der Waals surface area contributed by atoms with Gasteiger partial charge < -0.3 is 5.11 Å². The van der Waals surface area contributed by atoms with Gasteiger partial charge in [0.1, 0.15) is 6.42 Å². The largest absolute Gasteiger partial charge is 0.458 e. The Kier molecular flexibility index (Phi) is 4.40. The standard InChI is InChI=1S/C6H3F11O2/c7-2(8,9)1-3(10,11)19-4(12,5(13,14)15)6(16,17)18/h18H,1H2. The number of hydrogen-bond donors (Lipinski definition) is 1. The number of alkyl halides is 11. The van der Waals surface area contributed by atoms with E-state index < -0.39 is 36.8 Å². The highest BCUT2D eigenvalue weighted by atomic mass is 19.4. The minimum Gasteiger partial charge on any atom is -0.331 e. The number of ether oxygens (including phenoxy) is 1. The van der Waals surface area contributed by atoms with Gasteiger partial charge in [0.25, 0.3) is 0 Å². The summed E-state index contributed by atoms with van der Waals surface area (Å²) in [5, 5.41) is 7.57. The van der Waals surface area contributed by atoms with Crippen molar-refractivity contribution in [2.75, 3.05) is 0 Å². The molecule has 2 nitrogen and oxygen atoms in total. The van der Waals surface area contributed by atoms with Crippen LogP contribution in [0.15, 0.2) is 0 Å². The second-order valence-corrected chi connectivity index (χ2v) is 3.17. The molecular formula is C6H3F11O2. The summed E-state index contributed by atoms with van der Waals surface area (Å²) in [5.41, 5.74) is 0. The lowest BCUT2D eigenvalue weighted by Gasteiger charge is -2.33. The van der Waals surface area contributed by atoms with Crippen molar-refractivity contribution in [3.05, 3.63) is 0 Å². The third-order valence-corrected chi connectivity index (χ3v) is 1.45. The molecule has 0 bridgehead atoms. The first-order chi connectivity index (χ1) is 7.91. The molecule has 1 atom stereocenters. The van der Waals surface area contributed by atoms with Gasteiger partial charge >= 0.3 is 30.4 Å². The van der Waals surface area contributed by atoms with Gasteiger partial charge in [0.2, 0.25) is 0 Å². The van der Waals surface area contributed by atoms with Crippen LogP contribution in [-0.2, 0) is 4.74 Å². The Balaban J connectivity index is 5.38. The van der Waals surface area contributed by atoms with Gasteiger partial charge in [-0.15, -0.1) is 0 Å². The Morgan fingerprint density at radius 1 is 0.737 bits per heavy atom. The van der Waals surface area contributed by atoms with Gasteiger partial charge in [0.15, 0.2) is 0 Å². The van der Waals surface area contributed by atoms with E-state index in [9.17, 15) is 48.3 Å². The predicted octanol–water partition coefficient (Wildman–Crippen LogP) is 3.36. The zero-order valence-electron chi connectivity index (χ0n) is 8.22. The third-order valence-electron chi connectivity index (χ3n) is 1.45. The first-order valence-electron chi connectivity index (χ1n) is 3.92. The Bertz CT molecular complexity index is 297. The summed E-state index contributed by atoms with van der Waals surface area (Å²) in [6, 6.07) is 0. The molecule has 0 aromatic rings. The van der Waals surface area contributed by atoms with Gasteiger partial charge in [-0.3, -0.25) is 4.74 Å². The molecule has 0 aromatic carbocycles. The maximum Gasteiger partial charge on any atom is 0.458 e. The van der Waals surface area contributed by atoms with Gasteiger partial charge in [0.05, 0.1) is 0 Å². The molecule has 0 aromatic heterocycles. The molecule has 0 rings (SSSR count). The van der Waals surface area contributed by atoms with Crippen LogP contribution in [-0.4, -0.2) is 35.5 Å². The SMILES string of the molecule is OC(F)(F)C(F)(OC(F)(F)CC(F)(F)F)C(F)(F)F. The number of hydrogen-bond acceptors (Lipinski definition) is 2. The molecule has 0 fully saturated rings. The van der Waals surface area contributed by atoms with Crippen molar-refractivity contribution >= 4 is 0 Å². The van der Waals surface area contributed by atoms with Crippen molar-refractivity contribution in [3.8, 4) is 0 Å². The van der Waals surface area contributed by atoms with E-state index in [1.165, 1.54) is 0 Å². The fourth-order valence-electron chi connectivity index (χ4n) is 0.765. The summed E-state index contributed by atoms with van der Waals surface area (Å²) < 4.78 is 133. The summed E-state index contributed by atoms with van der Waals surface area (Å²) in [6.07, 6.45) is -28.7. The van der Waals surface area contributed by atoms with E-state index in [4.69, 9.17) is 5.11 Å². The van der Waals surface area contributed by atoms with Crippen molar-refractivity contribution in [2.24, 2.45) is 0 Å². The zero-order valence-corrected chi connectivity index (χ0v) is 8.22. The average molecular weight is 316 g/mol. The van der Waals surface area contributed by atoms with Gasteiger partial charge in [-0.05, 0) is 0 Å². The quantitative estimate of drug-likeness (QED) is 0.806. The first-order valence-corrected chi connectivity index (χ1v) is 3.92. The Hall–Kier alpha value is -0.850. The van der Waals surface area contributed by atoms with Crippen LogP contribution >= 0.6 is 0 Å². The van der Waals surface area contributed by atoms with Crippen LogP contribution in [0.1, 0.15) is 6.42 Å². The number of aliphatic hydroxyl groups is 1. The molecule has 116 valence electrons. The van der Waals surface area contributed by atoms with Crippen LogP contribution in [0.2, 0.25) is 0 Å². The van der Waals surface area contributed by atoms with Crippen molar-refractivity contribution in [2.45, 2.75) is 36.8 Å². The van der Waals surface area contributed by atoms with E-state index in [0.29, 0.717) is 0 Å². The second kappa shape index (κ2) is 4.61. The van der Waals surface area contributed by atoms with Crippen LogP contribution in [0, 0.1) is 0 Å². The minimum absolute atomic E-state index is 1.89. The van der Waals surface area contributed by atoms with E-state index in [-0.39, 0.29) is 0 Å².